The van der Waals surface area contributed by atoms with Crippen molar-refractivity contribution in [3.8, 4) is 11.5 Å². The van der Waals surface area contributed by atoms with Crippen LogP contribution in [0.2, 0.25) is 0 Å². The second kappa shape index (κ2) is 7.04. The molecule has 1 atom stereocenters. The fourth-order valence-electron chi connectivity index (χ4n) is 2.21. The molecule has 0 aliphatic rings. The first kappa shape index (κ1) is 17.7. The Morgan fingerprint density at radius 2 is 1.88 bits per heavy atom. The van der Waals surface area contributed by atoms with Crippen LogP contribution in [0.3, 0.4) is 0 Å². The minimum Gasteiger partial charge on any atom is -0.419 e. The van der Waals surface area contributed by atoms with Gasteiger partial charge >= 0.3 is 0 Å². The molecule has 1 unspecified atom stereocenters. The molecular formula is C17H13F2N3O3S. The summed E-state index contributed by atoms with van der Waals surface area (Å²) in [4.78, 5) is 16.1. The average molecular weight is 377 g/mol. The Morgan fingerprint density at radius 1 is 1.19 bits per heavy atom. The molecule has 0 saturated heterocycles. The molecule has 9 heteroatoms. The van der Waals surface area contributed by atoms with Crippen molar-refractivity contribution in [3.05, 3.63) is 59.8 Å². The molecule has 1 amide bonds. The van der Waals surface area contributed by atoms with E-state index in [1.54, 1.807) is 30.5 Å². The van der Waals surface area contributed by atoms with E-state index in [-0.39, 0.29) is 23.0 Å². The molecule has 3 aromatic rings. The number of nitrogens with zero attached hydrogens (tertiary/aromatic N) is 1. The Bertz CT molecular complexity index is 1000. The maximum atomic E-state index is 13.9. The monoisotopic (exact) mass is 377 g/mol. The lowest BCUT2D eigenvalue weighted by Crippen LogP contribution is -2.13. The third kappa shape index (κ3) is 3.62. The number of halogens is 2. The van der Waals surface area contributed by atoms with Gasteiger partial charge in [0, 0.05) is 27.6 Å². The van der Waals surface area contributed by atoms with E-state index in [1.165, 1.54) is 0 Å². The van der Waals surface area contributed by atoms with Crippen LogP contribution in [-0.2, 0) is 10.8 Å². The first-order valence-electron chi connectivity index (χ1n) is 7.31. The van der Waals surface area contributed by atoms with Gasteiger partial charge in [-0.2, -0.15) is 0 Å². The summed E-state index contributed by atoms with van der Waals surface area (Å²) in [5.41, 5.74) is 5.29. The van der Waals surface area contributed by atoms with Gasteiger partial charge in [-0.3, -0.25) is 9.00 Å². The van der Waals surface area contributed by atoms with Crippen molar-refractivity contribution in [3.63, 3.8) is 0 Å². The Labute approximate surface area is 149 Å². The molecule has 1 heterocycles. The predicted molar refractivity (Wildman–Crippen MR) is 92.4 cm³/mol. The summed E-state index contributed by atoms with van der Waals surface area (Å²) in [7, 11) is -1.14. The van der Waals surface area contributed by atoms with Gasteiger partial charge in [0.15, 0.2) is 5.69 Å². The largest absolute Gasteiger partial charge is 0.419 e. The lowest BCUT2D eigenvalue weighted by Gasteiger charge is -2.04. The molecule has 0 saturated carbocycles. The standard InChI is InChI=1S/C17H13F2N3O3S/c1-26(24)11-5-3-10(4-6-11)21-17-14(15(20)23)22-16(25-17)12-8-9(18)2-7-13(12)19/h2-8,21H,1H3,(H2,20,23). The molecule has 1 aromatic heterocycles. The molecule has 2 aromatic carbocycles. The number of benzene rings is 2. The van der Waals surface area contributed by atoms with Gasteiger partial charge in [-0.05, 0) is 42.5 Å². The van der Waals surface area contributed by atoms with Gasteiger partial charge in [-0.1, -0.05) is 0 Å². The number of nitrogens with one attached hydrogen (secondary N) is 1. The number of carbonyl (C=O) groups excluding carboxylic acids is 1. The van der Waals surface area contributed by atoms with Crippen molar-refractivity contribution in [2.45, 2.75) is 4.90 Å². The smallest absolute Gasteiger partial charge is 0.273 e. The van der Waals surface area contributed by atoms with Crippen LogP contribution in [0, 0.1) is 11.6 Å². The van der Waals surface area contributed by atoms with E-state index >= 15 is 0 Å². The summed E-state index contributed by atoms with van der Waals surface area (Å²) in [6.07, 6.45) is 1.55. The van der Waals surface area contributed by atoms with E-state index < -0.39 is 28.3 Å². The number of carbonyl (C=O) groups is 1. The Balaban J connectivity index is 1.99. The number of hydrogen-bond acceptors (Lipinski definition) is 5. The van der Waals surface area contributed by atoms with Gasteiger partial charge < -0.3 is 15.5 Å². The van der Waals surface area contributed by atoms with E-state index in [0.717, 1.165) is 18.2 Å². The highest BCUT2D eigenvalue weighted by Gasteiger charge is 2.21. The Kier molecular flexibility index (Phi) is 4.81. The number of oxazole rings is 1. The Hall–Kier alpha value is -3.07. The highest BCUT2D eigenvalue weighted by Crippen LogP contribution is 2.30. The van der Waals surface area contributed by atoms with Crippen LogP contribution in [0.25, 0.3) is 11.5 Å². The van der Waals surface area contributed by atoms with Crippen LogP contribution < -0.4 is 11.1 Å². The molecule has 0 aliphatic heterocycles. The van der Waals surface area contributed by atoms with Gasteiger partial charge in [0.05, 0.1) is 5.56 Å². The summed E-state index contributed by atoms with van der Waals surface area (Å²) in [6, 6.07) is 9.28. The summed E-state index contributed by atoms with van der Waals surface area (Å²) in [5, 5.41) is 2.80. The Morgan fingerprint density at radius 3 is 2.50 bits per heavy atom. The summed E-state index contributed by atoms with van der Waals surface area (Å²) >= 11 is 0. The third-order valence-corrected chi connectivity index (χ3v) is 4.40. The maximum Gasteiger partial charge on any atom is 0.273 e. The maximum absolute atomic E-state index is 13.9. The minimum absolute atomic E-state index is 0.110. The zero-order valence-electron chi connectivity index (χ0n) is 13.5. The zero-order chi connectivity index (χ0) is 18.8. The van der Waals surface area contributed by atoms with Crippen LogP contribution in [0.15, 0.2) is 51.8 Å². The molecule has 6 nitrogen and oxygen atoms in total. The van der Waals surface area contributed by atoms with Gasteiger partial charge in [-0.25, -0.2) is 13.8 Å². The van der Waals surface area contributed by atoms with E-state index in [0.29, 0.717) is 10.6 Å². The quantitative estimate of drug-likeness (QED) is 0.711. The second-order valence-electron chi connectivity index (χ2n) is 5.29. The predicted octanol–water partition coefficient (Wildman–Crippen LogP) is 3.20. The number of hydrogen-bond donors (Lipinski definition) is 2. The third-order valence-electron chi connectivity index (χ3n) is 3.46. The molecule has 134 valence electrons. The number of anilines is 2. The highest BCUT2D eigenvalue weighted by molar-refractivity contribution is 7.84. The molecule has 3 N–H and O–H groups in total. The minimum atomic E-state index is -1.14. The van der Waals surface area contributed by atoms with Crippen LogP contribution in [0.1, 0.15) is 10.5 Å². The normalized spacial score (nSPS) is 12.0. The summed E-state index contributed by atoms with van der Waals surface area (Å²) in [5.74, 6) is -2.74. The van der Waals surface area contributed by atoms with E-state index in [1.807, 2.05) is 0 Å². The highest BCUT2D eigenvalue weighted by atomic mass is 32.2. The van der Waals surface area contributed by atoms with Gasteiger partial charge in [0.2, 0.25) is 11.8 Å². The fourth-order valence-corrected chi connectivity index (χ4v) is 2.73. The van der Waals surface area contributed by atoms with Crippen molar-refractivity contribution in [1.82, 2.24) is 4.98 Å². The topological polar surface area (TPSA) is 98.2 Å². The number of amides is 1. The first-order chi connectivity index (χ1) is 12.3. The van der Waals surface area contributed by atoms with Crippen LogP contribution in [0.4, 0.5) is 20.4 Å². The summed E-state index contributed by atoms with van der Waals surface area (Å²) < 4.78 is 44.1. The molecule has 26 heavy (non-hydrogen) atoms. The molecule has 0 fully saturated rings. The van der Waals surface area contributed by atoms with Crippen LogP contribution in [-0.4, -0.2) is 21.4 Å². The molecular weight excluding hydrogens is 364 g/mol. The number of rotatable bonds is 5. The van der Waals surface area contributed by atoms with Crippen molar-refractivity contribution in [1.29, 1.82) is 0 Å². The molecule has 0 bridgehead atoms. The summed E-state index contributed by atoms with van der Waals surface area (Å²) in [6.45, 7) is 0. The molecule has 0 radical (unpaired) electrons. The fraction of sp³-hybridized carbons (Fsp3) is 0.0588. The van der Waals surface area contributed by atoms with Crippen LogP contribution >= 0.6 is 0 Å². The lowest BCUT2D eigenvalue weighted by atomic mass is 10.2. The van der Waals surface area contributed by atoms with Crippen molar-refractivity contribution in [2.75, 3.05) is 11.6 Å². The van der Waals surface area contributed by atoms with Crippen molar-refractivity contribution < 1.29 is 22.2 Å². The van der Waals surface area contributed by atoms with Gasteiger partial charge in [0.25, 0.3) is 5.91 Å². The zero-order valence-corrected chi connectivity index (χ0v) is 14.3. The SMILES string of the molecule is CS(=O)c1ccc(Nc2oc(-c3cc(F)ccc3F)nc2C(N)=O)cc1. The van der Waals surface area contributed by atoms with Crippen molar-refractivity contribution in [2.24, 2.45) is 5.73 Å². The van der Waals surface area contributed by atoms with Gasteiger partial charge in [0.1, 0.15) is 11.6 Å². The number of aromatic nitrogens is 1. The second-order valence-corrected chi connectivity index (χ2v) is 6.67. The van der Waals surface area contributed by atoms with E-state index in [9.17, 15) is 17.8 Å². The van der Waals surface area contributed by atoms with E-state index in [2.05, 4.69) is 10.3 Å². The van der Waals surface area contributed by atoms with Gasteiger partial charge in [-0.15, -0.1) is 0 Å². The van der Waals surface area contributed by atoms with E-state index in [4.69, 9.17) is 10.2 Å². The molecule has 0 spiro atoms. The molecule has 0 aliphatic carbocycles. The molecule has 3 rings (SSSR count). The number of nitrogens with two attached hydrogens (primary N) is 1. The first-order valence-corrected chi connectivity index (χ1v) is 8.87. The van der Waals surface area contributed by atoms with Crippen molar-refractivity contribution >= 4 is 28.3 Å². The average Bonchev–Trinajstić information content (AvgIpc) is 3.01. The van der Waals surface area contributed by atoms with Crippen LogP contribution in [0.5, 0.6) is 0 Å². The number of primary amides is 1. The lowest BCUT2D eigenvalue weighted by molar-refractivity contribution is 0.0996.